The van der Waals surface area contributed by atoms with Crippen molar-refractivity contribution in [2.24, 2.45) is 0 Å². The summed E-state index contributed by atoms with van der Waals surface area (Å²) in [7, 11) is 0. The molecule has 1 aromatic rings. The van der Waals surface area contributed by atoms with Gasteiger partial charge < -0.3 is 5.11 Å². The van der Waals surface area contributed by atoms with Crippen LogP contribution in [-0.2, 0) is 6.42 Å². The molecule has 0 amide bonds. The largest absolute Gasteiger partial charge is 1.00 e. The predicted molar refractivity (Wildman–Crippen MR) is 45.2 cm³/mol. The van der Waals surface area contributed by atoms with Crippen LogP contribution in [0.2, 0.25) is 0 Å². The van der Waals surface area contributed by atoms with Crippen molar-refractivity contribution >= 4 is 6.29 Å². The SMILES string of the molecule is C=CCc1c([O-])cccc1C=O.[Li+]. The van der Waals surface area contributed by atoms with E-state index in [4.69, 9.17) is 0 Å². The van der Waals surface area contributed by atoms with Crippen LogP contribution in [0.25, 0.3) is 0 Å². The average molecular weight is 168 g/mol. The van der Waals surface area contributed by atoms with Crippen molar-refractivity contribution in [1.29, 1.82) is 0 Å². The van der Waals surface area contributed by atoms with Gasteiger partial charge in [0.05, 0.1) is 0 Å². The fourth-order valence-corrected chi connectivity index (χ4v) is 1.06. The van der Waals surface area contributed by atoms with E-state index in [1.165, 1.54) is 6.07 Å². The summed E-state index contributed by atoms with van der Waals surface area (Å²) < 4.78 is 0. The van der Waals surface area contributed by atoms with E-state index in [-0.39, 0.29) is 24.6 Å². The van der Waals surface area contributed by atoms with Crippen LogP contribution in [0.1, 0.15) is 15.9 Å². The molecule has 0 aromatic heterocycles. The molecule has 0 spiro atoms. The fraction of sp³-hybridized carbons (Fsp3) is 0.100. The van der Waals surface area contributed by atoms with Crippen LogP contribution >= 0.6 is 0 Å². The van der Waals surface area contributed by atoms with Crippen molar-refractivity contribution in [3.63, 3.8) is 0 Å². The van der Waals surface area contributed by atoms with Crippen molar-refractivity contribution < 1.29 is 28.8 Å². The fourth-order valence-electron chi connectivity index (χ4n) is 1.06. The third kappa shape index (κ3) is 2.77. The van der Waals surface area contributed by atoms with E-state index in [9.17, 15) is 9.90 Å². The zero-order valence-corrected chi connectivity index (χ0v) is 7.62. The van der Waals surface area contributed by atoms with Gasteiger partial charge in [-0.2, -0.15) is 0 Å². The standard InChI is InChI=1S/C10H10O2.Li/c1-2-4-9-8(7-11)5-3-6-10(9)12;/h2-3,5-7,12H,1,4H2;/q;+1/p-1. The van der Waals surface area contributed by atoms with Crippen LogP contribution in [0.15, 0.2) is 30.9 Å². The maximum absolute atomic E-state index is 11.2. The Hall–Kier alpha value is -0.973. The number of benzene rings is 1. The van der Waals surface area contributed by atoms with E-state index in [1.807, 2.05) is 0 Å². The summed E-state index contributed by atoms with van der Waals surface area (Å²) in [4.78, 5) is 10.5. The molecule has 0 atom stereocenters. The Morgan fingerprint density at radius 2 is 2.15 bits per heavy atom. The second kappa shape index (κ2) is 5.64. The number of aldehydes is 1. The summed E-state index contributed by atoms with van der Waals surface area (Å²) in [5.74, 6) is -0.0977. The molecule has 0 fully saturated rings. The minimum Gasteiger partial charge on any atom is -0.872 e. The molecule has 0 saturated carbocycles. The van der Waals surface area contributed by atoms with Crippen molar-refractivity contribution in [2.45, 2.75) is 6.42 Å². The summed E-state index contributed by atoms with van der Waals surface area (Å²) in [5, 5.41) is 11.2. The van der Waals surface area contributed by atoms with Gasteiger partial charge >= 0.3 is 18.9 Å². The topological polar surface area (TPSA) is 40.1 Å². The Morgan fingerprint density at radius 3 is 2.69 bits per heavy atom. The van der Waals surface area contributed by atoms with E-state index in [2.05, 4.69) is 6.58 Å². The molecule has 0 heterocycles. The molecule has 2 nitrogen and oxygen atoms in total. The molecule has 0 bridgehead atoms. The monoisotopic (exact) mass is 168 g/mol. The van der Waals surface area contributed by atoms with Crippen LogP contribution in [0.3, 0.4) is 0 Å². The van der Waals surface area contributed by atoms with E-state index in [1.54, 1.807) is 18.2 Å². The van der Waals surface area contributed by atoms with Gasteiger partial charge in [0.2, 0.25) is 0 Å². The summed E-state index contributed by atoms with van der Waals surface area (Å²) in [6, 6.07) is 4.66. The molecular weight excluding hydrogens is 159 g/mol. The molecule has 0 N–H and O–H groups in total. The number of rotatable bonds is 3. The molecule has 13 heavy (non-hydrogen) atoms. The first-order chi connectivity index (χ1) is 5.79. The quantitative estimate of drug-likeness (QED) is 0.307. The summed E-state index contributed by atoms with van der Waals surface area (Å²) in [5.41, 5.74) is 0.991. The van der Waals surface area contributed by atoms with E-state index in [0.29, 0.717) is 23.8 Å². The normalized spacial score (nSPS) is 8.62. The first-order valence-electron chi connectivity index (χ1n) is 3.64. The van der Waals surface area contributed by atoms with Gasteiger partial charge in [-0.05, 0) is 12.0 Å². The van der Waals surface area contributed by atoms with Crippen LogP contribution < -0.4 is 24.0 Å². The molecule has 0 aliphatic carbocycles. The molecule has 62 valence electrons. The van der Waals surface area contributed by atoms with Crippen LogP contribution in [0, 0.1) is 0 Å². The van der Waals surface area contributed by atoms with Gasteiger partial charge in [-0.1, -0.05) is 24.3 Å². The molecular formula is C10H9LiO2. The van der Waals surface area contributed by atoms with Gasteiger partial charge in [0, 0.05) is 5.56 Å². The number of allylic oxidation sites excluding steroid dienone is 1. The first kappa shape index (κ1) is 12.0. The minimum absolute atomic E-state index is 0. The molecule has 1 rings (SSSR count). The first-order valence-corrected chi connectivity index (χ1v) is 3.64. The Bertz CT molecular complexity index is 308. The molecule has 0 saturated heterocycles. The zero-order valence-electron chi connectivity index (χ0n) is 7.62. The van der Waals surface area contributed by atoms with Crippen LogP contribution in [-0.4, -0.2) is 6.29 Å². The number of carbonyl (C=O) groups excluding carboxylic acids is 1. The Balaban J connectivity index is 0.00000144. The van der Waals surface area contributed by atoms with Gasteiger partial charge in [-0.3, -0.25) is 4.79 Å². The third-order valence-corrected chi connectivity index (χ3v) is 1.64. The Labute approximate surface area is 89.5 Å². The third-order valence-electron chi connectivity index (χ3n) is 1.64. The zero-order chi connectivity index (χ0) is 8.97. The van der Waals surface area contributed by atoms with Gasteiger partial charge in [0.25, 0.3) is 0 Å². The maximum Gasteiger partial charge on any atom is 1.00 e. The second-order valence-corrected chi connectivity index (χ2v) is 2.43. The van der Waals surface area contributed by atoms with Crippen molar-refractivity contribution in [2.75, 3.05) is 0 Å². The van der Waals surface area contributed by atoms with Gasteiger partial charge in [0.1, 0.15) is 6.29 Å². The average Bonchev–Trinajstić information content (AvgIpc) is 2.09. The van der Waals surface area contributed by atoms with Gasteiger partial charge in [-0.15, -0.1) is 12.3 Å². The van der Waals surface area contributed by atoms with Crippen molar-refractivity contribution in [3.8, 4) is 5.75 Å². The summed E-state index contributed by atoms with van der Waals surface area (Å²) >= 11 is 0. The smallest absolute Gasteiger partial charge is 0.872 e. The van der Waals surface area contributed by atoms with Crippen LogP contribution in [0.4, 0.5) is 0 Å². The van der Waals surface area contributed by atoms with Crippen molar-refractivity contribution in [3.05, 3.63) is 42.0 Å². The number of hydrogen-bond acceptors (Lipinski definition) is 2. The number of hydrogen-bond donors (Lipinski definition) is 0. The van der Waals surface area contributed by atoms with Gasteiger partial charge in [0.15, 0.2) is 0 Å². The van der Waals surface area contributed by atoms with E-state index in [0.717, 1.165) is 0 Å². The molecule has 0 radical (unpaired) electrons. The minimum atomic E-state index is -0.0977. The van der Waals surface area contributed by atoms with E-state index < -0.39 is 0 Å². The molecule has 0 aliphatic rings. The second-order valence-electron chi connectivity index (χ2n) is 2.43. The Kier molecular flexibility index (Phi) is 5.21. The molecule has 0 unspecified atom stereocenters. The summed E-state index contributed by atoms with van der Waals surface area (Å²) in [6.07, 6.45) is 2.76. The number of carbonyl (C=O) groups is 1. The summed E-state index contributed by atoms with van der Waals surface area (Å²) in [6.45, 7) is 3.52. The predicted octanol–water partition coefficient (Wildman–Crippen LogP) is -1.69. The van der Waals surface area contributed by atoms with Gasteiger partial charge in [-0.25, -0.2) is 0 Å². The molecule has 1 aromatic carbocycles. The van der Waals surface area contributed by atoms with Crippen LogP contribution in [0.5, 0.6) is 5.75 Å². The maximum atomic E-state index is 11.2. The molecule has 0 aliphatic heterocycles. The molecule has 3 heteroatoms. The Morgan fingerprint density at radius 1 is 1.46 bits per heavy atom. The van der Waals surface area contributed by atoms with E-state index >= 15 is 0 Å². The van der Waals surface area contributed by atoms with Crippen molar-refractivity contribution in [1.82, 2.24) is 0 Å².